The van der Waals surface area contributed by atoms with E-state index in [0.29, 0.717) is 104 Å². The molecule has 0 aromatic carbocycles. The van der Waals surface area contributed by atoms with Crippen molar-refractivity contribution in [2.75, 3.05) is 99.4 Å². The van der Waals surface area contributed by atoms with Gasteiger partial charge in [0.2, 0.25) is 23.6 Å². The van der Waals surface area contributed by atoms with E-state index in [1.165, 1.54) is 77.6 Å². The lowest BCUT2D eigenvalue weighted by Crippen LogP contribution is -2.44. The molecule has 4 amide bonds. The molecule has 104 heavy (non-hydrogen) atoms. The summed E-state index contributed by atoms with van der Waals surface area (Å²) in [5.41, 5.74) is -4.72. The van der Waals surface area contributed by atoms with Gasteiger partial charge in [0, 0.05) is 64.4 Å². The van der Waals surface area contributed by atoms with E-state index in [1.807, 2.05) is 39.8 Å². The van der Waals surface area contributed by atoms with Crippen LogP contribution in [-0.4, -0.2) is 186 Å². The second kappa shape index (κ2) is 50.7. The maximum Gasteiger partial charge on any atom is 0.223 e. The number of rotatable bonds is 54. The van der Waals surface area contributed by atoms with Gasteiger partial charge in [-0.1, -0.05) is 142 Å². The first-order chi connectivity index (χ1) is 49.3. The zero-order valence-electron chi connectivity index (χ0n) is 69.4. The number of carbonyl (C=O) groups is 4. The van der Waals surface area contributed by atoms with E-state index in [4.69, 9.17) is 52.1 Å². The van der Waals surface area contributed by atoms with E-state index in [-0.39, 0.29) is 81.0 Å². The highest BCUT2D eigenvalue weighted by Crippen LogP contribution is 2.31. The summed E-state index contributed by atoms with van der Waals surface area (Å²) in [4.78, 5) is 51.6. The van der Waals surface area contributed by atoms with Gasteiger partial charge in [0.15, 0.2) is 0 Å². The molecule has 19 nitrogen and oxygen atoms in total. The van der Waals surface area contributed by atoms with Gasteiger partial charge in [0.05, 0.1) is 111 Å². The standard InChI is InChI=1S/C85H158N4O15/c1-19-81(13,48-55-87-75(91)70-43-37-31-27-32-38-44-70)98-58-51-79(9,10)100-63-73(65-102-84(16,22-4)53-60-97-78(7,8)47-54-86-68(6)90)95-61-72(94-18)62-96-74(64-101-80(11,12)52-59-99-82(14,20-2)49-56-88-76(92)71-45-39-33-28-34-40-46-71)66-103-85(17,23-5)67-104-83(15,21-3)50-57-89-77(93)69-41-35-29-25-24-26-30-36-42-69/h20,22,69-74H,2,4,19,21,23-67H2,1,3,5-18H3,(H,86,90)(H,87,91)(H,88,92)(H,89,93). The third kappa shape index (κ3) is 41.6. The van der Waals surface area contributed by atoms with Crippen LogP contribution in [-0.2, 0) is 71.3 Å². The van der Waals surface area contributed by atoms with Crippen LogP contribution in [0.4, 0.5) is 0 Å². The molecule has 3 saturated carbocycles. The monoisotopic (exact) mass is 1480 g/mol. The fourth-order valence-electron chi connectivity index (χ4n) is 13.6. The topological polar surface area (TPSA) is 218 Å². The summed E-state index contributed by atoms with van der Waals surface area (Å²) in [6, 6.07) is 0. The minimum atomic E-state index is -0.774. The second-order valence-corrected chi connectivity index (χ2v) is 34.0. The minimum Gasteiger partial charge on any atom is -0.377 e. The Balaban J connectivity index is 1.80. The van der Waals surface area contributed by atoms with Crippen LogP contribution in [0.25, 0.3) is 0 Å². The number of carbonyl (C=O) groups excluding carboxylic acids is 4. The lowest BCUT2D eigenvalue weighted by atomic mass is 9.90. The SMILES string of the molecule is C=CC(C)(CCNC(=O)C1CCCCCCC1)OCCC(C)(C)OCC(COC(C)(CC)COC(C)(CC)CCNC(=O)C1CCCCCCCCC1)OCC(COC(COC(C)(C)CCOC(C)(CC)CCNC(=O)C1CCCCCCC1)COC(C)(C=C)CCOC(C)(C)CCNC(C)=O)OC. The van der Waals surface area contributed by atoms with Crippen molar-refractivity contribution in [1.29, 1.82) is 0 Å². The molecule has 0 aromatic heterocycles. The molecule has 0 aromatic rings. The van der Waals surface area contributed by atoms with E-state index in [1.54, 1.807) is 7.11 Å². The summed E-state index contributed by atoms with van der Waals surface area (Å²) in [6.45, 7) is 43.7. The summed E-state index contributed by atoms with van der Waals surface area (Å²) in [7, 11) is 1.66. The number of hydrogen-bond donors (Lipinski definition) is 4. The Morgan fingerprint density at radius 1 is 0.365 bits per heavy atom. The number of hydrogen-bond acceptors (Lipinski definition) is 15. The first-order valence-corrected chi connectivity index (χ1v) is 41.5. The molecule has 4 N–H and O–H groups in total. The molecule has 8 atom stereocenters. The third-order valence-electron chi connectivity index (χ3n) is 23.0. The normalized spacial score (nSPS) is 20.2. The maximum absolute atomic E-state index is 13.5. The van der Waals surface area contributed by atoms with Gasteiger partial charge in [-0.25, -0.2) is 0 Å². The van der Waals surface area contributed by atoms with Gasteiger partial charge in [0.1, 0.15) is 18.3 Å². The molecule has 0 aliphatic heterocycles. The van der Waals surface area contributed by atoms with Gasteiger partial charge in [-0.2, -0.15) is 0 Å². The predicted molar refractivity (Wildman–Crippen MR) is 420 cm³/mol. The largest absolute Gasteiger partial charge is 0.377 e. The molecule has 19 heteroatoms. The minimum absolute atomic E-state index is 0.0730. The third-order valence-corrected chi connectivity index (χ3v) is 23.0. The van der Waals surface area contributed by atoms with Crippen LogP contribution in [0.5, 0.6) is 0 Å². The Hall–Kier alpha value is -3.08. The van der Waals surface area contributed by atoms with E-state index < -0.39 is 63.1 Å². The highest BCUT2D eigenvalue weighted by atomic mass is 16.6. The van der Waals surface area contributed by atoms with E-state index in [0.717, 1.165) is 89.9 Å². The van der Waals surface area contributed by atoms with Crippen LogP contribution in [0.2, 0.25) is 0 Å². The van der Waals surface area contributed by atoms with E-state index in [2.05, 4.69) is 104 Å². The molecule has 608 valence electrons. The van der Waals surface area contributed by atoms with Crippen molar-refractivity contribution in [1.82, 2.24) is 21.3 Å². The average Bonchev–Trinajstić information content (AvgIpc) is 0.725. The molecule has 3 aliphatic rings. The first kappa shape index (κ1) is 95.1. The summed E-state index contributed by atoms with van der Waals surface area (Å²) in [5, 5.41) is 12.6. The number of methoxy groups -OCH3 is 1. The zero-order chi connectivity index (χ0) is 77.0. The Morgan fingerprint density at radius 3 is 1.10 bits per heavy atom. The van der Waals surface area contributed by atoms with Gasteiger partial charge in [-0.15, -0.1) is 13.2 Å². The van der Waals surface area contributed by atoms with Gasteiger partial charge in [-0.3, -0.25) is 19.2 Å². The predicted octanol–water partition coefficient (Wildman–Crippen LogP) is 16.7. The fraction of sp³-hybridized carbons (Fsp3) is 0.906. The van der Waals surface area contributed by atoms with Crippen molar-refractivity contribution in [2.24, 2.45) is 17.8 Å². The fourth-order valence-corrected chi connectivity index (χ4v) is 13.6. The summed E-state index contributed by atoms with van der Waals surface area (Å²) < 4.78 is 73.3. The van der Waals surface area contributed by atoms with Gasteiger partial charge in [0.25, 0.3) is 0 Å². The second-order valence-electron chi connectivity index (χ2n) is 34.0. The summed E-state index contributed by atoms with van der Waals surface area (Å²) in [5.74, 6) is 0.690. The van der Waals surface area contributed by atoms with Crippen LogP contribution in [0.3, 0.4) is 0 Å². The number of amides is 4. The van der Waals surface area contributed by atoms with E-state index >= 15 is 0 Å². The maximum atomic E-state index is 13.5. The molecular formula is C85H158N4O15. The molecule has 8 unspecified atom stereocenters. The lowest BCUT2D eigenvalue weighted by Gasteiger charge is -2.37. The molecule has 0 bridgehead atoms. The molecule has 0 heterocycles. The van der Waals surface area contributed by atoms with Crippen LogP contribution in [0.15, 0.2) is 25.3 Å². The molecule has 0 radical (unpaired) electrons. The van der Waals surface area contributed by atoms with Crippen LogP contribution in [0, 0.1) is 17.8 Å². The Bertz CT molecular complexity index is 2340. The lowest BCUT2D eigenvalue weighted by molar-refractivity contribution is -0.178. The quantitative estimate of drug-likeness (QED) is 0.0416. The van der Waals surface area contributed by atoms with Crippen molar-refractivity contribution in [3.63, 3.8) is 0 Å². The zero-order valence-corrected chi connectivity index (χ0v) is 69.4. The van der Waals surface area contributed by atoms with Crippen LogP contribution >= 0.6 is 0 Å². The Kier molecular flexibility index (Phi) is 46.3. The highest BCUT2D eigenvalue weighted by Gasteiger charge is 2.35. The first-order valence-electron chi connectivity index (χ1n) is 41.5. The molecule has 3 fully saturated rings. The Morgan fingerprint density at radius 2 is 0.702 bits per heavy atom. The molecule has 0 saturated heterocycles. The number of nitrogens with one attached hydrogen (secondary N) is 4. The van der Waals surface area contributed by atoms with Gasteiger partial charge >= 0.3 is 0 Å². The smallest absolute Gasteiger partial charge is 0.223 e. The number of ether oxygens (including phenoxy) is 11. The highest BCUT2D eigenvalue weighted by molar-refractivity contribution is 5.79. The molecular weight excluding hydrogens is 1320 g/mol. The van der Waals surface area contributed by atoms with Crippen LogP contribution < -0.4 is 21.3 Å². The van der Waals surface area contributed by atoms with Crippen LogP contribution in [0.1, 0.15) is 316 Å². The van der Waals surface area contributed by atoms with Crippen molar-refractivity contribution in [3.05, 3.63) is 25.3 Å². The molecule has 0 spiro atoms. The molecule has 3 aliphatic carbocycles. The van der Waals surface area contributed by atoms with Gasteiger partial charge in [-0.05, 0) is 172 Å². The average molecular weight is 1480 g/mol. The molecule has 3 rings (SSSR count). The summed E-state index contributed by atoms with van der Waals surface area (Å²) >= 11 is 0. The van der Waals surface area contributed by atoms with Gasteiger partial charge < -0.3 is 73.4 Å². The van der Waals surface area contributed by atoms with Crippen molar-refractivity contribution < 1.29 is 71.3 Å². The Labute approximate surface area is 634 Å². The summed E-state index contributed by atoms with van der Waals surface area (Å²) in [6.07, 6.45) is 34.7. The van der Waals surface area contributed by atoms with Crippen molar-refractivity contribution in [3.8, 4) is 0 Å². The van der Waals surface area contributed by atoms with Crippen molar-refractivity contribution in [2.45, 2.75) is 379 Å². The van der Waals surface area contributed by atoms with Crippen molar-refractivity contribution >= 4 is 23.6 Å². The van der Waals surface area contributed by atoms with E-state index in [9.17, 15) is 19.2 Å².